The molecule has 0 amide bonds. The van der Waals surface area contributed by atoms with Crippen molar-refractivity contribution in [2.45, 2.75) is 25.3 Å². The van der Waals surface area contributed by atoms with Gasteiger partial charge in [0.1, 0.15) is 5.82 Å². The molecular formula is C10H16N4. The van der Waals surface area contributed by atoms with Crippen molar-refractivity contribution < 1.29 is 0 Å². The lowest BCUT2D eigenvalue weighted by Crippen LogP contribution is -2.28. The quantitative estimate of drug-likeness (QED) is 0.712. The van der Waals surface area contributed by atoms with E-state index < -0.39 is 0 Å². The van der Waals surface area contributed by atoms with Crippen LogP contribution in [0.3, 0.4) is 0 Å². The predicted molar refractivity (Wildman–Crippen MR) is 54.8 cm³/mol. The van der Waals surface area contributed by atoms with E-state index in [1.807, 2.05) is 12.4 Å². The van der Waals surface area contributed by atoms with E-state index in [9.17, 15) is 0 Å². The monoisotopic (exact) mass is 192 g/mol. The average molecular weight is 192 g/mol. The van der Waals surface area contributed by atoms with E-state index in [2.05, 4.69) is 15.3 Å². The van der Waals surface area contributed by atoms with Crippen LogP contribution in [-0.2, 0) is 6.54 Å². The fourth-order valence-electron chi connectivity index (χ4n) is 1.82. The second-order valence-electron chi connectivity index (χ2n) is 3.68. The van der Waals surface area contributed by atoms with Crippen molar-refractivity contribution in [3.63, 3.8) is 0 Å². The smallest absolute Gasteiger partial charge is 0.141 e. The Morgan fingerprint density at radius 3 is 2.79 bits per heavy atom. The molecule has 2 heterocycles. The first-order valence-electron chi connectivity index (χ1n) is 5.12. The summed E-state index contributed by atoms with van der Waals surface area (Å²) in [4.78, 5) is 8.42. The number of hydrogen-bond donors (Lipinski definition) is 2. The van der Waals surface area contributed by atoms with Crippen molar-refractivity contribution in [3.05, 3.63) is 23.8 Å². The van der Waals surface area contributed by atoms with E-state index >= 15 is 0 Å². The number of hydrogen-bond acceptors (Lipinski definition) is 4. The van der Waals surface area contributed by atoms with Gasteiger partial charge in [0.05, 0.1) is 6.54 Å². The zero-order valence-electron chi connectivity index (χ0n) is 8.24. The Hall–Kier alpha value is -1.00. The first-order valence-corrected chi connectivity index (χ1v) is 5.12. The molecule has 1 unspecified atom stereocenters. The standard InChI is InChI=1S/C10H16N4/c11-4-10-13-6-9(7-14-10)8-2-1-3-12-5-8/h6-8,12H,1-5,11H2. The Labute approximate surface area is 83.9 Å². The minimum atomic E-state index is 0.420. The molecule has 3 N–H and O–H groups in total. The fourth-order valence-corrected chi connectivity index (χ4v) is 1.82. The summed E-state index contributed by atoms with van der Waals surface area (Å²) in [5, 5.41) is 3.38. The Morgan fingerprint density at radius 2 is 2.21 bits per heavy atom. The molecule has 1 aromatic heterocycles. The predicted octanol–water partition coefficient (Wildman–Crippen LogP) is 0.402. The Kier molecular flexibility index (Phi) is 3.06. The van der Waals surface area contributed by atoms with Crippen molar-refractivity contribution in [2.24, 2.45) is 5.73 Å². The lowest BCUT2D eigenvalue weighted by atomic mass is 9.94. The number of nitrogens with one attached hydrogen (secondary N) is 1. The van der Waals surface area contributed by atoms with Crippen molar-refractivity contribution in [1.29, 1.82) is 0 Å². The highest BCUT2D eigenvalue weighted by Gasteiger charge is 2.15. The summed E-state index contributed by atoms with van der Waals surface area (Å²) < 4.78 is 0. The lowest BCUT2D eigenvalue weighted by Gasteiger charge is -2.22. The van der Waals surface area contributed by atoms with Crippen LogP contribution in [0.1, 0.15) is 30.1 Å². The Balaban J connectivity index is 2.07. The van der Waals surface area contributed by atoms with Gasteiger partial charge in [0.25, 0.3) is 0 Å². The molecule has 4 nitrogen and oxygen atoms in total. The van der Waals surface area contributed by atoms with Crippen molar-refractivity contribution >= 4 is 0 Å². The highest BCUT2D eigenvalue weighted by atomic mass is 14.9. The van der Waals surface area contributed by atoms with Crippen molar-refractivity contribution in [2.75, 3.05) is 13.1 Å². The molecule has 2 rings (SSSR count). The van der Waals surface area contributed by atoms with Crippen molar-refractivity contribution in [1.82, 2.24) is 15.3 Å². The molecule has 0 bridgehead atoms. The summed E-state index contributed by atoms with van der Waals surface area (Å²) in [5.74, 6) is 1.30. The normalized spacial score (nSPS) is 22.2. The van der Waals surface area contributed by atoms with Gasteiger partial charge < -0.3 is 11.1 Å². The van der Waals surface area contributed by atoms with E-state index in [0.717, 1.165) is 18.9 Å². The summed E-state index contributed by atoms with van der Waals surface area (Å²) in [6, 6.07) is 0. The molecule has 0 radical (unpaired) electrons. The second-order valence-corrected chi connectivity index (χ2v) is 3.68. The summed E-state index contributed by atoms with van der Waals surface area (Å²) in [7, 11) is 0. The molecule has 0 aliphatic carbocycles. The molecule has 1 aromatic rings. The topological polar surface area (TPSA) is 63.8 Å². The van der Waals surface area contributed by atoms with Gasteiger partial charge in [0.15, 0.2) is 0 Å². The fraction of sp³-hybridized carbons (Fsp3) is 0.600. The van der Waals surface area contributed by atoms with E-state index in [1.165, 1.54) is 18.4 Å². The highest BCUT2D eigenvalue weighted by Crippen LogP contribution is 2.21. The zero-order chi connectivity index (χ0) is 9.80. The van der Waals surface area contributed by atoms with Gasteiger partial charge in [0, 0.05) is 18.9 Å². The molecule has 0 saturated carbocycles. The second kappa shape index (κ2) is 4.48. The minimum Gasteiger partial charge on any atom is -0.324 e. The van der Waals surface area contributed by atoms with Crippen LogP contribution < -0.4 is 11.1 Å². The van der Waals surface area contributed by atoms with Gasteiger partial charge in [-0.05, 0) is 30.9 Å². The van der Waals surface area contributed by atoms with Crippen LogP contribution in [0.5, 0.6) is 0 Å². The maximum absolute atomic E-state index is 5.44. The molecule has 1 fully saturated rings. The first kappa shape index (κ1) is 9.55. The minimum absolute atomic E-state index is 0.420. The zero-order valence-corrected chi connectivity index (χ0v) is 8.24. The van der Waals surface area contributed by atoms with Crippen LogP contribution in [0, 0.1) is 0 Å². The lowest BCUT2D eigenvalue weighted by molar-refractivity contribution is 0.459. The molecular weight excluding hydrogens is 176 g/mol. The SMILES string of the molecule is NCc1ncc(C2CCCNC2)cn1. The maximum Gasteiger partial charge on any atom is 0.141 e. The van der Waals surface area contributed by atoms with E-state index in [0.29, 0.717) is 12.5 Å². The molecule has 76 valence electrons. The van der Waals surface area contributed by atoms with Crippen molar-refractivity contribution in [3.8, 4) is 0 Å². The van der Waals surface area contributed by atoms with Gasteiger partial charge in [-0.2, -0.15) is 0 Å². The van der Waals surface area contributed by atoms with E-state index in [-0.39, 0.29) is 0 Å². The van der Waals surface area contributed by atoms with Gasteiger partial charge in [0.2, 0.25) is 0 Å². The van der Waals surface area contributed by atoms with Gasteiger partial charge in [-0.3, -0.25) is 0 Å². The van der Waals surface area contributed by atoms with Crippen LogP contribution in [0.15, 0.2) is 12.4 Å². The van der Waals surface area contributed by atoms with Crippen LogP contribution in [0.25, 0.3) is 0 Å². The van der Waals surface area contributed by atoms with Crippen LogP contribution in [-0.4, -0.2) is 23.1 Å². The van der Waals surface area contributed by atoms with Crippen LogP contribution >= 0.6 is 0 Å². The number of nitrogens with two attached hydrogens (primary N) is 1. The molecule has 0 aromatic carbocycles. The third-order valence-corrected chi connectivity index (χ3v) is 2.68. The van der Waals surface area contributed by atoms with Crippen LogP contribution in [0.4, 0.5) is 0 Å². The van der Waals surface area contributed by atoms with E-state index in [1.54, 1.807) is 0 Å². The van der Waals surface area contributed by atoms with Gasteiger partial charge in [-0.15, -0.1) is 0 Å². The molecule has 0 spiro atoms. The molecule has 1 atom stereocenters. The molecule has 1 aliphatic heterocycles. The largest absolute Gasteiger partial charge is 0.324 e. The Morgan fingerprint density at radius 1 is 1.43 bits per heavy atom. The van der Waals surface area contributed by atoms with Crippen LogP contribution in [0.2, 0.25) is 0 Å². The number of piperidine rings is 1. The summed E-state index contributed by atoms with van der Waals surface area (Å²) >= 11 is 0. The maximum atomic E-state index is 5.44. The van der Waals surface area contributed by atoms with E-state index in [4.69, 9.17) is 5.73 Å². The van der Waals surface area contributed by atoms with Gasteiger partial charge >= 0.3 is 0 Å². The summed E-state index contributed by atoms with van der Waals surface area (Å²) in [6.45, 7) is 2.60. The summed E-state index contributed by atoms with van der Waals surface area (Å²) in [5.41, 5.74) is 6.67. The molecule has 1 aliphatic rings. The third-order valence-electron chi connectivity index (χ3n) is 2.68. The number of nitrogens with zero attached hydrogens (tertiary/aromatic N) is 2. The molecule has 1 saturated heterocycles. The molecule has 4 heteroatoms. The Bertz CT molecular complexity index is 277. The van der Waals surface area contributed by atoms with Gasteiger partial charge in [-0.25, -0.2) is 9.97 Å². The molecule has 14 heavy (non-hydrogen) atoms. The summed E-state index contributed by atoms with van der Waals surface area (Å²) in [6.07, 6.45) is 6.29. The third kappa shape index (κ3) is 2.08. The highest BCUT2D eigenvalue weighted by molar-refractivity contribution is 5.13. The number of aromatic nitrogens is 2. The number of rotatable bonds is 2. The van der Waals surface area contributed by atoms with Gasteiger partial charge in [-0.1, -0.05) is 0 Å². The first-order chi connectivity index (χ1) is 6.90. The average Bonchev–Trinajstić information content (AvgIpc) is 2.30.